The Balaban J connectivity index is 2.33. The van der Waals surface area contributed by atoms with Gasteiger partial charge in [0.15, 0.2) is 0 Å². The molecule has 0 amide bonds. The van der Waals surface area contributed by atoms with Gasteiger partial charge in [0, 0.05) is 13.0 Å². The van der Waals surface area contributed by atoms with E-state index in [9.17, 15) is 4.39 Å². The summed E-state index contributed by atoms with van der Waals surface area (Å²) in [5.41, 5.74) is 1.87. The van der Waals surface area contributed by atoms with Crippen LogP contribution in [0.4, 0.5) is 10.2 Å². The van der Waals surface area contributed by atoms with Gasteiger partial charge in [-0.05, 0) is 47.0 Å². The summed E-state index contributed by atoms with van der Waals surface area (Å²) in [6, 6.07) is 6.57. The molecule has 0 unspecified atom stereocenters. The van der Waals surface area contributed by atoms with Crippen LogP contribution in [0.3, 0.4) is 0 Å². The number of halogens is 2. The Morgan fingerprint density at radius 2 is 2.05 bits per heavy atom. The Kier molecular flexibility index (Phi) is 5.67. The SMILES string of the molecule is CCCc1nc(Cc2cccc(F)c2)nc(NCC)c1Br. The molecule has 1 aromatic carbocycles. The largest absolute Gasteiger partial charge is 0.369 e. The highest BCUT2D eigenvalue weighted by Gasteiger charge is 2.12. The van der Waals surface area contributed by atoms with Crippen LogP contribution >= 0.6 is 15.9 Å². The summed E-state index contributed by atoms with van der Waals surface area (Å²) < 4.78 is 14.2. The fourth-order valence-electron chi connectivity index (χ4n) is 2.14. The first kappa shape index (κ1) is 15.9. The van der Waals surface area contributed by atoms with Gasteiger partial charge in [0.25, 0.3) is 0 Å². The van der Waals surface area contributed by atoms with Crippen LogP contribution in [0.15, 0.2) is 28.7 Å². The van der Waals surface area contributed by atoms with Gasteiger partial charge >= 0.3 is 0 Å². The molecule has 2 rings (SSSR count). The van der Waals surface area contributed by atoms with E-state index < -0.39 is 0 Å². The Morgan fingerprint density at radius 3 is 2.71 bits per heavy atom. The molecule has 0 spiro atoms. The fraction of sp³-hybridized carbons (Fsp3) is 0.375. The van der Waals surface area contributed by atoms with Crippen molar-refractivity contribution in [3.63, 3.8) is 0 Å². The zero-order chi connectivity index (χ0) is 15.2. The second kappa shape index (κ2) is 7.50. The van der Waals surface area contributed by atoms with Gasteiger partial charge in [-0.1, -0.05) is 25.5 Å². The van der Waals surface area contributed by atoms with Gasteiger partial charge < -0.3 is 5.32 Å². The number of hydrogen-bond acceptors (Lipinski definition) is 3. The average molecular weight is 352 g/mol. The lowest BCUT2D eigenvalue weighted by Gasteiger charge is -2.12. The van der Waals surface area contributed by atoms with Crippen molar-refractivity contribution in [1.29, 1.82) is 0 Å². The second-order valence-electron chi connectivity index (χ2n) is 4.84. The Hall–Kier alpha value is -1.49. The molecule has 5 heteroatoms. The lowest BCUT2D eigenvalue weighted by Crippen LogP contribution is -2.08. The molecule has 1 aromatic heterocycles. The minimum Gasteiger partial charge on any atom is -0.369 e. The molecule has 0 bridgehead atoms. The van der Waals surface area contributed by atoms with E-state index in [2.05, 4.69) is 38.1 Å². The number of aromatic nitrogens is 2. The van der Waals surface area contributed by atoms with E-state index in [-0.39, 0.29) is 5.82 Å². The molecule has 0 aliphatic heterocycles. The Morgan fingerprint density at radius 1 is 1.24 bits per heavy atom. The van der Waals surface area contributed by atoms with Crippen molar-refractivity contribution in [1.82, 2.24) is 9.97 Å². The van der Waals surface area contributed by atoms with Crippen LogP contribution in [0.5, 0.6) is 0 Å². The molecule has 0 atom stereocenters. The minimum absolute atomic E-state index is 0.231. The monoisotopic (exact) mass is 351 g/mol. The predicted octanol–water partition coefficient (Wildman–Crippen LogP) is 4.35. The Labute approximate surface area is 133 Å². The number of aryl methyl sites for hydroxylation is 1. The third kappa shape index (κ3) is 4.24. The summed E-state index contributed by atoms with van der Waals surface area (Å²) >= 11 is 3.57. The number of nitrogens with one attached hydrogen (secondary N) is 1. The molecule has 1 heterocycles. The summed E-state index contributed by atoms with van der Waals surface area (Å²) in [6.45, 7) is 4.94. The molecule has 0 aliphatic carbocycles. The quantitative estimate of drug-likeness (QED) is 0.840. The summed E-state index contributed by atoms with van der Waals surface area (Å²) in [4.78, 5) is 9.15. The highest BCUT2D eigenvalue weighted by atomic mass is 79.9. The molecule has 112 valence electrons. The predicted molar refractivity (Wildman–Crippen MR) is 87.1 cm³/mol. The highest BCUT2D eigenvalue weighted by Crippen LogP contribution is 2.25. The fourth-order valence-corrected chi connectivity index (χ4v) is 2.66. The molecule has 0 radical (unpaired) electrons. The molecule has 0 aliphatic rings. The van der Waals surface area contributed by atoms with Gasteiger partial charge in [-0.15, -0.1) is 0 Å². The van der Waals surface area contributed by atoms with Crippen molar-refractivity contribution < 1.29 is 4.39 Å². The van der Waals surface area contributed by atoms with Crippen LogP contribution in [0.2, 0.25) is 0 Å². The molecule has 0 saturated carbocycles. The zero-order valence-corrected chi connectivity index (χ0v) is 13.9. The van der Waals surface area contributed by atoms with E-state index in [0.29, 0.717) is 12.2 Å². The number of anilines is 1. The van der Waals surface area contributed by atoms with Gasteiger partial charge in [0.1, 0.15) is 17.5 Å². The number of benzene rings is 1. The smallest absolute Gasteiger partial charge is 0.144 e. The zero-order valence-electron chi connectivity index (χ0n) is 12.3. The van der Waals surface area contributed by atoms with Gasteiger partial charge in [-0.2, -0.15) is 0 Å². The summed E-state index contributed by atoms with van der Waals surface area (Å²) in [6.07, 6.45) is 2.43. The minimum atomic E-state index is -0.231. The molecule has 21 heavy (non-hydrogen) atoms. The lowest BCUT2D eigenvalue weighted by molar-refractivity contribution is 0.625. The van der Waals surface area contributed by atoms with E-state index in [1.165, 1.54) is 12.1 Å². The van der Waals surface area contributed by atoms with Crippen molar-refractivity contribution in [3.8, 4) is 0 Å². The number of hydrogen-bond donors (Lipinski definition) is 1. The molecule has 0 saturated heterocycles. The van der Waals surface area contributed by atoms with Crippen molar-refractivity contribution >= 4 is 21.7 Å². The van der Waals surface area contributed by atoms with E-state index in [1.807, 2.05) is 13.0 Å². The molecular weight excluding hydrogens is 333 g/mol. The third-order valence-electron chi connectivity index (χ3n) is 3.05. The van der Waals surface area contributed by atoms with E-state index in [4.69, 9.17) is 0 Å². The normalized spacial score (nSPS) is 10.7. The first-order chi connectivity index (χ1) is 10.1. The van der Waals surface area contributed by atoms with E-state index in [1.54, 1.807) is 6.07 Å². The van der Waals surface area contributed by atoms with Crippen molar-refractivity contribution in [2.24, 2.45) is 0 Å². The van der Waals surface area contributed by atoms with E-state index >= 15 is 0 Å². The molecular formula is C16H19BrFN3. The first-order valence-electron chi connectivity index (χ1n) is 7.17. The summed E-state index contributed by atoms with van der Waals surface area (Å²) in [5, 5.41) is 3.24. The third-order valence-corrected chi connectivity index (χ3v) is 3.88. The van der Waals surface area contributed by atoms with Gasteiger partial charge in [0.05, 0.1) is 10.2 Å². The van der Waals surface area contributed by atoms with Crippen LogP contribution in [0, 0.1) is 5.82 Å². The van der Waals surface area contributed by atoms with Crippen LogP contribution in [-0.2, 0) is 12.8 Å². The maximum absolute atomic E-state index is 13.3. The number of nitrogens with zero attached hydrogens (tertiary/aromatic N) is 2. The average Bonchev–Trinajstić information content (AvgIpc) is 2.44. The maximum Gasteiger partial charge on any atom is 0.144 e. The highest BCUT2D eigenvalue weighted by molar-refractivity contribution is 9.10. The molecule has 3 nitrogen and oxygen atoms in total. The standard InChI is InChI=1S/C16H19BrFN3/c1-3-6-13-15(17)16(19-4-2)21-14(20-13)10-11-7-5-8-12(18)9-11/h5,7-9H,3-4,6,10H2,1-2H3,(H,19,20,21). The van der Waals surface area contributed by atoms with Crippen molar-refractivity contribution in [2.45, 2.75) is 33.1 Å². The summed E-state index contributed by atoms with van der Waals surface area (Å²) in [7, 11) is 0. The van der Waals surface area contributed by atoms with Crippen molar-refractivity contribution in [3.05, 3.63) is 51.6 Å². The topological polar surface area (TPSA) is 37.8 Å². The van der Waals surface area contributed by atoms with Gasteiger partial charge in [0.2, 0.25) is 0 Å². The summed E-state index contributed by atoms with van der Waals surface area (Å²) in [5.74, 6) is 1.29. The Bertz CT molecular complexity index is 589. The first-order valence-corrected chi connectivity index (χ1v) is 7.97. The van der Waals surface area contributed by atoms with Crippen LogP contribution < -0.4 is 5.32 Å². The van der Waals surface area contributed by atoms with Crippen LogP contribution in [0.25, 0.3) is 0 Å². The van der Waals surface area contributed by atoms with Crippen LogP contribution in [-0.4, -0.2) is 16.5 Å². The second-order valence-corrected chi connectivity index (χ2v) is 5.63. The van der Waals surface area contributed by atoms with Crippen molar-refractivity contribution in [2.75, 3.05) is 11.9 Å². The van der Waals surface area contributed by atoms with Gasteiger partial charge in [-0.25, -0.2) is 14.4 Å². The van der Waals surface area contributed by atoms with Gasteiger partial charge in [-0.3, -0.25) is 0 Å². The van der Waals surface area contributed by atoms with Crippen LogP contribution in [0.1, 0.15) is 37.4 Å². The van der Waals surface area contributed by atoms with E-state index in [0.717, 1.165) is 40.9 Å². The molecule has 2 aromatic rings. The maximum atomic E-state index is 13.3. The lowest BCUT2D eigenvalue weighted by atomic mass is 10.1. The molecule has 1 N–H and O–H groups in total. The molecule has 0 fully saturated rings. The number of rotatable bonds is 6.